The van der Waals surface area contributed by atoms with E-state index in [-0.39, 0.29) is 0 Å². The topological polar surface area (TPSA) is 34.1 Å². The Morgan fingerprint density at radius 2 is 1.53 bits per heavy atom. The summed E-state index contributed by atoms with van der Waals surface area (Å²) in [4.78, 5) is 6.68. The smallest absolute Gasteiger partial charge is 0.161 e. The van der Waals surface area contributed by atoms with Gasteiger partial charge in [-0.05, 0) is 65.4 Å². The van der Waals surface area contributed by atoms with Crippen molar-refractivity contribution < 1.29 is 9.47 Å². The first-order chi connectivity index (χ1) is 15.4. The molecule has 0 aliphatic heterocycles. The molecule has 0 amide bonds. The Hall–Kier alpha value is -3.53. The summed E-state index contributed by atoms with van der Waals surface area (Å²) in [6.45, 7) is 4.26. The molecule has 3 aromatic rings. The van der Waals surface area contributed by atoms with Crippen LogP contribution in [-0.4, -0.2) is 46.1 Å². The van der Waals surface area contributed by atoms with Gasteiger partial charge < -0.3 is 14.4 Å². The van der Waals surface area contributed by atoms with Gasteiger partial charge in [0.05, 0.1) is 14.2 Å². The Morgan fingerprint density at radius 3 is 2.12 bits per heavy atom. The summed E-state index contributed by atoms with van der Waals surface area (Å²) >= 11 is 0. The number of aryl methyl sites for hydroxylation is 1. The van der Waals surface area contributed by atoms with Crippen molar-refractivity contribution in [2.75, 3.05) is 35.4 Å². The van der Waals surface area contributed by atoms with Crippen LogP contribution >= 0.6 is 0 Å². The third-order valence-electron chi connectivity index (χ3n) is 5.66. The average Bonchev–Trinajstić information content (AvgIpc) is 2.80. The molecule has 0 aliphatic carbocycles. The van der Waals surface area contributed by atoms with Crippen molar-refractivity contribution in [2.45, 2.75) is 13.8 Å². The van der Waals surface area contributed by atoms with E-state index in [2.05, 4.69) is 72.3 Å². The van der Waals surface area contributed by atoms with Gasteiger partial charge in [-0.15, -0.1) is 0 Å². The van der Waals surface area contributed by atoms with Crippen LogP contribution in [0.5, 0.6) is 11.5 Å². The highest BCUT2D eigenvalue weighted by molar-refractivity contribution is 6.27. The van der Waals surface area contributed by atoms with Crippen molar-refractivity contribution in [3.05, 3.63) is 82.9 Å². The lowest BCUT2D eigenvalue weighted by molar-refractivity contribution is 0.354. The normalized spacial score (nSPS) is 12.0. The zero-order valence-electron chi connectivity index (χ0n) is 20.1. The molecule has 4 nitrogen and oxygen atoms in total. The lowest BCUT2D eigenvalue weighted by Crippen LogP contribution is -2.23. The molecule has 0 spiro atoms. The second kappa shape index (κ2) is 10.2. The van der Waals surface area contributed by atoms with Crippen LogP contribution in [0.15, 0.2) is 65.7 Å². The molecule has 3 aromatic carbocycles. The zero-order valence-corrected chi connectivity index (χ0v) is 20.1. The number of hydrogen-bond donors (Lipinski definition) is 0. The van der Waals surface area contributed by atoms with Crippen LogP contribution in [0.25, 0.3) is 22.8 Å². The number of benzene rings is 3. The quantitative estimate of drug-likeness (QED) is 0.269. The molecule has 0 radical (unpaired) electrons. The highest BCUT2D eigenvalue weighted by atomic mass is 16.5. The summed E-state index contributed by atoms with van der Waals surface area (Å²) in [5.74, 6) is 2.34. The van der Waals surface area contributed by atoms with Gasteiger partial charge in [-0.1, -0.05) is 48.5 Å². The van der Waals surface area contributed by atoms with E-state index in [1.807, 2.05) is 39.3 Å². The van der Waals surface area contributed by atoms with E-state index in [4.69, 9.17) is 9.47 Å². The molecular formula is C28H32N2O2. The lowest BCUT2D eigenvalue weighted by atomic mass is 9.90. The third kappa shape index (κ3) is 4.70. The van der Waals surface area contributed by atoms with Gasteiger partial charge in [0.15, 0.2) is 11.5 Å². The van der Waals surface area contributed by atoms with Gasteiger partial charge in [0.1, 0.15) is 5.84 Å². The molecular weight excluding hydrogens is 396 g/mol. The zero-order chi connectivity index (χ0) is 23.3. The summed E-state index contributed by atoms with van der Waals surface area (Å²) in [6, 6.07) is 21.0. The fraction of sp³-hybridized carbons (Fsp3) is 0.250. The first-order valence-corrected chi connectivity index (χ1v) is 10.7. The Bertz CT molecular complexity index is 1150. The standard InChI is InChI=1S/C28H32N2O2/c1-19-16-26(31-6)27(32-7)18-22(19)17-25(28(29-3)30(4)5)24-15-11-14-23(20(24)2)21-12-9-8-10-13-21/h8-18H,1-7H3/b25-17-,29-28-. The molecule has 0 atom stereocenters. The molecule has 0 saturated carbocycles. The minimum Gasteiger partial charge on any atom is -0.493 e. The van der Waals surface area contributed by atoms with E-state index < -0.39 is 0 Å². The number of hydrogen-bond acceptors (Lipinski definition) is 3. The highest BCUT2D eigenvalue weighted by Gasteiger charge is 2.17. The number of amidine groups is 1. The van der Waals surface area contributed by atoms with E-state index >= 15 is 0 Å². The van der Waals surface area contributed by atoms with Crippen LogP contribution in [0, 0.1) is 13.8 Å². The van der Waals surface area contributed by atoms with E-state index in [0.29, 0.717) is 5.75 Å². The van der Waals surface area contributed by atoms with Crippen LogP contribution in [0.2, 0.25) is 0 Å². The minimum atomic E-state index is 0.707. The molecule has 3 rings (SSSR count). The van der Waals surface area contributed by atoms with Crippen LogP contribution in [-0.2, 0) is 0 Å². The predicted octanol–water partition coefficient (Wildman–Crippen LogP) is 6.12. The fourth-order valence-corrected chi connectivity index (χ4v) is 3.99. The Balaban J connectivity index is 2.27. The van der Waals surface area contributed by atoms with Crippen molar-refractivity contribution in [2.24, 2.45) is 4.99 Å². The second-order valence-corrected chi connectivity index (χ2v) is 7.91. The first kappa shape index (κ1) is 23.1. The Labute approximate surface area is 191 Å². The van der Waals surface area contributed by atoms with Crippen molar-refractivity contribution in [1.82, 2.24) is 4.90 Å². The molecule has 0 saturated heterocycles. The molecule has 0 N–H and O–H groups in total. The minimum absolute atomic E-state index is 0.707. The number of ether oxygens (including phenoxy) is 2. The summed E-state index contributed by atoms with van der Waals surface area (Å²) in [5.41, 5.74) is 8.00. The first-order valence-electron chi connectivity index (χ1n) is 10.7. The largest absolute Gasteiger partial charge is 0.493 e. The summed E-state index contributed by atoms with van der Waals surface area (Å²) in [5, 5.41) is 0. The van der Waals surface area contributed by atoms with Crippen LogP contribution < -0.4 is 9.47 Å². The SMILES string of the molecule is C/N=C(/C(=C\c1cc(OC)c(OC)cc1C)c1cccc(-c2ccccc2)c1C)N(C)C. The molecule has 0 unspecified atom stereocenters. The fourth-order valence-electron chi connectivity index (χ4n) is 3.99. The maximum absolute atomic E-state index is 5.56. The van der Waals surface area contributed by atoms with Gasteiger partial charge in [-0.25, -0.2) is 0 Å². The summed E-state index contributed by atoms with van der Waals surface area (Å²) < 4.78 is 11.0. The second-order valence-electron chi connectivity index (χ2n) is 7.91. The highest BCUT2D eigenvalue weighted by Crippen LogP contribution is 2.35. The Morgan fingerprint density at radius 1 is 0.875 bits per heavy atom. The molecule has 0 heterocycles. The molecule has 4 heteroatoms. The number of methoxy groups -OCH3 is 2. The average molecular weight is 429 g/mol. The van der Waals surface area contributed by atoms with E-state index in [1.165, 1.54) is 16.7 Å². The summed E-state index contributed by atoms with van der Waals surface area (Å²) in [7, 11) is 9.20. The maximum atomic E-state index is 5.56. The van der Waals surface area contributed by atoms with Gasteiger partial charge in [-0.2, -0.15) is 0 Å². The van der Waals surface area contributed by atoms with Crippen molar-refractivity contribution >= 4 is 17.5 Å². The monoisotopic (exact) mass is 428 g/mol. The number of aliphatic imine (C=N–C) groups is 1. The summed E-state index contributed by atoms with van der Waals surface area (Å²) in [6.07, 6.45) is 2.19. The van der Waals surface area contributed by atoms with Crippen molar-refractivity contribution in [1.29, 1.82) is 0 Å². The molecule has 0 fully saturated rings. The maximum Gasteiger partial charge on any atom is 0.161 e. The van der Waals surface area contributed by atoms with Gasteiger partial charge in [0, 0.05) is 26.7 Å². The molecule has 0 aliphatic rings. The van der Waals surface area contributed by atoms with Crippen molar-refractivity contribution in [3.8, 4) is 22.6 Å². The molecule has 0 aromatic heterocycles. The van der Waals surface area contributed by atoms with E-state index in [9.17, 15) is 0 Å². The van der Waals surface area contributed by atoms with Crippen LogP contribution in [0.4, 0.5) is 0 Å². The lowest BCUT2D eigenvalue weighted by Gasteiger charge is -2.22. The number of rotatable bonds is 6. The van der Waals surface area contributed by atoms with Gasteiger partial charge in [0.25, 0.3) is 0 Å². The number of nitrogens with zero attached hydrogens (tertiary/aromatic N) is 2. The van der Waals surface area contributed by atoms with Crippen molar-refractivity contribution in [3.63, 3.8) is 0 Å². The molecule has 166 valence electrons. The van der Waals surface area contributed by atoms with Crippen LogP contribution in [0.1, 0.15) is 22.3 Å². The van der Waals surface area contributed by atoms with Gasteiger partial charge >= 0.3 is 0 Å². The predicted molar refractivity (Wildman–Crippen MR) is 136 cm³/mol. The number of likely N-dealkylation sites (N-methyl/N-ethyl adjacent to an activating group) is 1. The van der Waals surface area contributed by atoms with E-state index in [0.717, 1.165) is 33.8 Å². The van der Waals surface area contributed by atoms with Gasteiger partial charge in [0.2, 0.25) is 0 Å². The van der Waals surface area contributed by atoms with Crippen LogP contribution in [0.3, 0.4) is 0 Å². The Kier molecular flexibility index (Phi) is 7.37. The molecule has 32 heavy (non-hydrogen) atoms. The molecule has 0 bridgehead atoms. The van der Waals surface area contributed by atoms with Gasteiger partial charge in [-0.3, -0.25) is 4.99 Å². The third-order valence-corrected chi connectivity index (χ3v) is 5.66. The van der Waals surface area contributed by atoms with E-state index in [1.54, 1.807) is 14.2 Å².